The molecule has 1 aromatic heterocycles. The first kappa shape index (κ1) is 21.3. The van der Waals surface area contributed by atoms with Gasteiger partial charge in [-0.25, -0.2) is 9.37 Å². The molecule has 3 aromatic rings. The van der Waals surface area contributed by atoms with Crippen LogP contribution in [-0.2, 0) is 19.3 Å². The molecule has 7 heteroatoms. The van der Waals surface area contributed by atoms with Gasteiger partial charge in [-0.1, -0.05) is 12.1 Å². The van der Waals surface area contributed by atoms with E-state index in [1.54, 1.807) is 18.4 Å². The summed E-state index contributed by atoms with van der Waals surface area (Å²) in [6, 6.07) is 12.4. The summed E-state index contributed by atoms with van der Waals surface area (Å²) in [7, 11) is 0. The number of hydrogen-bond donors (Lipinski definition) is 2. The van der Waals surface area contributed by atoms with Gasteiger partial charge < -0.3 is 15.5 Å². The second-order valence-electron chi connectivity index (χ2n) is 6.94. The Morgan fingerprint density at radius 2 is 1.93 bits per heavy atom. The monoisotopic (exact) mass is 506 g/mol. The fourth-order valence-electron chi connectivity index (χ4n) is 3.51. The van der Waals surface area contributed by atoms with E-state index >= 15 is 0 Å². The van der Waals surface area contributed by atoms with E-state index in [0.717, 1.165) is 29.8 Å². The second kappa shape index (κ2) is 9.87. The molecule has 0 unspecified atom stereocenters. The maximum absolute atomic E-state index is 13.0. The number of rotatable bonds is 5. The van der Waals surface area contributed by atoms with Gasteiger partial charge in [0, 0.05) is 24.2 Å². The van der Waals surface area contributed by atoms with Gasteiger partial charge in [-0.2, -0.15) is 0 Å². The molecule has 0 saturated carbocycles. The van der Waals surface area contributed by atoms with E-state index in [-0.39, 0.29) is 29.8 Å². The van der Waals surface area contributed by atoms with Crippen molar-refractivity contribution in [3.05, 3.63) is 71.4 Å². The number of aryl methyl sites for hydroxylation is 1. The van der Waals surface area contributed by atoms with E-state index in [0.29, 0.717) is 24.8 Å². The molecule has 2 aromatic carbocycles. The lowest BCUT2D eigenvalue weighted by atomic mass is 9.90. The van der Waals surface area contributed by atoms with Crippen LogP contribution in [0.1, 0.15) is 29.7 Å². The van der Waals surface area contributed by atoms with Gasteiger partial charge in [0.15, 0.2) is 5.96 Å². The SMILES string of the molecule is I.NC(=NCCc1coc(-c2ccc(F)cc2)n1)Nc1cccc2c1CCCC2. The standard InChI is InChI=1S/C22H23FN4O.HI/c23-17-10-8-16(9-11-17)21-26-18(14-28-21)12-13-25-22(24)27-20-7-3-5-15-4-1-2-6-19(15)20;/h3,5,7-11,14H,1-2,4,6,12-13H2,(H3,24,25,27);1H. The number of nitrogens with one attached hydrogen (secondary N) is 1. The smallest absolute Gasteiger partial charge is 0.226 e. The second-order valence-corrected chi connectivity index (χ2v) is 6.94. The summed E-state index contributed by atoms with van der Waals surface area (Å²) in [5.41, 5.74) is 11.4. The average Bonchev–Trinajstić information content (AvgIpc) is 3.18. The highest BCUT2D eigenvalue weighted by atomic mass is 127. The Balaban J connectivity index is 0.00000240. The van der Waals surface area contributed by atoms with Gasteiger partial charge in [0.05, 0.1) is 5.69 Å². The van der Waals surface area contributed by atoms with Crippen LogP contribution < -0.4 is 11.1 Å². The average molecular weight is 506 g/mol. The third-order valence-corrected chi connectivity index (χ3v) is 4.95. The lowest BCUT2D eigenvalue weighted by Gasteiger charge is -2.19. The molecule has 0 spiro atoms. The van der Waals surface area contributed by atoms with Gasteiger partial charge in [0.25, 0.3) is 0 Å². The fourth-order valence-corrected chi connectivity index (χ4v) is 3.51. The fraction of sp³-hybridized carbons (Fsp3) is 0.273. The zero-order valence-electron chi connectivity index (χ0n) is 16.0. The van der Waals surface area contributed by atoms with Crippen molar-refractivity contribution in [3.8, 4) is 11.5 Å². The van der Waals surface area contributed by atoms with Crippen LogP contribution >= 0.6 is 24.0 Å². The summed E-state index contributed by atoms with van der Waals surface area (Å²) in [6.07, 6.45) is 6.88. The molecular formula is C22H24FIN4O. The molecule has 0 amide bonds. The van der Waals surface area contributed by atoms with Crippen LogP contribution in [-0.4, -0.2) is 17.5 Å². The highest BCUT2D eigenvalue weighted by Crippen LogP contribution is 2.27. The third-order valence-electron chi connectivity index (χ3n) is 4.95. The summed E-state index contributed by atoms with van der Waals surface area (Å²) < 4.78 is 18.5. The predicted octanol–water partition coefficient (Wildman–Crippen LogP) is 4.95. The van der Waals surface area contributed by atoms with E-state index < -0.39 is 0 Å². The first-order valence-corrected chi connectivity index (χ1v) is 9.57. The minimum Gasteiger partial charge on any atom is -0.444 e. The lowest BCUT2D eigenvalue weighted by Crippen LogP contribution is -2.24. The normalized spacial score (nSPS) is 13.5. The van der Waals surface area contributed by atoms with Crippen molar-refractivity contribution in [2.24, 2.45) is 10.7 Å². The van der Waals surface area contributed by atoms with E-state index in [4.69, 9.17) is 10.2 Å². The molecule has 4 rings (SSSR count). The van der Waals surface area contributed by atoms with Gasteiger partial charge >= 0.3 is 0 Å². The number of nitrogens with two attached hydrogens (primary N) is 1. The van der Waals surface area contributed by atoms with Gasteiger partial charge in [-0.15, -0.1) is 24.0 Å². The van der Waals surface area contributed by atoms with Gasteiger partial charge in [0.2, 0.25) is 5.89 Å². The lowest BCUT2D eigenvalue weighted by molar-refractivity contribution is 0.572. The Kier molecular flexibility index (Phi) is 7.24. The molecule has 0 atom stereocenters. The molecule has 0 saturated heterocycles. The van der Waals surface area contributed by atoms with E-state index in [2.05, 4.69) is 33.5 Å². The van der Waals surface area contributed by atoms with Crippen LogP contribution in [0.3, 0.4) is 0 Å². The Labute approximate surface area is 186 Å². The molecule has 0 fully saturated rings. The third kappa shape index (κ3) is 5.35. The Hall–Kier alpha value is -2.42. The molecule has 3 N–H and O–H groups in total. The molecule has 1 aliphatic carbocycles. The number of fused-ring (bicyclic) bond motifs is 1. The van der Waals surface area contributed by atoms with Gasteiger partial charge in [-0.05, 0) is 67.1 Å². The zero-order valence-corrected chi connectivity index (χ0v) is 18.4. The molecule has 5 nitrogen and oxygen atoms in total. The van der Waals surface area contributed by atoms with Crippen molar-refractivity contribution in [3.63, 3.8) is 0 Å². The summed E-state index contributed by atoms with van der Waals surface area (Å²) in [4.78, 5) is 8.84. The number of halogens is 2. The Morgan fingerprint density at radius 3 is 2.76 bits per heavy atom. The van der Waals surface area contributed by atoms with Crippen molar-refractivity contribution in [1.82, 2.24) is 4.98 Å². The van der Waals surface area contributed by atoms with Crippen LogP contribution in [0.15, 0.2) is 58.1 Å². The highest BCUT2D eigenvalue weighted by Gasteiger charge is 2.13. The van der Waals surface area contributed by atoms with Crippen LogP contribution in [0.5, 0.6) is 0 Å². The molecule has 1 aliphatic rings. The number of aliphatic imine (C=N–C) groups is 1. The number of anilines is 1. The van der Waals surface area contributed by atoms with Crippen molar-refractivity contribution in [1.29, 1.82) is 0 Å². The minimum atomic E-state index is -0.285. The Morgan fingerprint density at radius 1 is 1.14 bits per heavy atom. The van der Waals surface area contributed by atoms with Crippen LogP contribution in [0.25, 0.3) is 11.5 Å². The highest BCUT2D eigenvalue weighted by molar-refractivity contribution is 14.0. The summed E-state index contributed by atoms with van der Waals surface area (Å²) in [5.74, 6) is 0.592. The molecule has 29 heavy (non-hydrogen) atoms. The summed E-state index contributed by atoms with van der Waals surface area (Å²) in [6.45, 7) is 0.503. The zero-order chi connectivity index (χ0) is 19.3. The largest absolute Gasteiger partial charge is 0.444 e. The van der Waals surface area contributed by atoms with Crippen molar-refractivity contribution in [2.75, 3.05) is 11.9 Å². The minimum absolute atomic E-state index is 0. The number of oxazole rings is 1. The number of hydrogen-bond acceptors (Lipinski definition) is 3. The number of aromatic nitrogens is 1. The number of benzene rings is 2. The maximum atomic E-state index is 13.0. The maximum Gasteiger partial charge on any atom is 0.226 e. The first-order valence-electron chi connectivity index (χ1n) is 9.57. The van der Waals surface area contributed by atoms with E-state index in [1.807, 2.05) is 0 Å². The summed E-state index contributed by atoms with van der Waals surface area (Å²) in [5, 5.41) is 3.24. The molecule has 0 aliphatic heterocycles. The van der Waals surface area contributed by atoms with Crippen molar-refractivity contribution >= 4 is 35.6 Å². The topological polar surface area (TPSA) is 76.4 Å². The quantitative estimate of drug-likeness (QED) is 0.292. The molecule has 152 valence electrons. The molecule has 0 bridgehead atoms. The van der Waals surface area contributed by atoms with Gasteiger partial charge in [-0.3, -0.25) is 4.99 Å². The number of guanidine groups is 1. The summed E-state index contributed by atoms with van der Waals surface area (Å²) >= 11 is 0. The molecule has 1 heterocycles. The predicted molar refractivity (Wildman–Crippen MR) is 124 cm³/mol. The van der Waals surface area contributed by atoms with Crippen LogP contribution in [0, 0.1) is 5.82 Å². The first-order chi connectivity index (χ1) is 13.7. The molecular weight excluding hydrogens is 482 g/mol. The van der Waals surface area contributed by atoms with Crippen molar-refractivity contribution in [2.45, 2.75) is 32.1 Å². The number of nitrogens with zero attached hydrogens (tertiary/aromatic N) is 2. The van der Waals surface area contributed by atoms with E-state index in [1.165, 1.54) is 36.1 Å². The van der Waals surface area contributed by atoms with Crippen molar-refractivity contribution < 1.29 is 8.81 Å². The van der Waals surface area contributed by atoms with E-state index in [9.17, 15) is 4.39 Å². The Bertz CT molecular complexity index is 985. The van der Waals surface area contributed by atoms with Gasteiger partial charge in [0.1, 0.15) is 12.1 Å². The van der Waals surface area contributed by atoms with Crippen LogP contribution in [0.4, 0.5) is 10.1 Å². The van der Waals surface area contributed by atoms with Crippen LogP contribution in [0.2, 0.25) is 0 Å². The molecule has 0 radical (unpaired) electrons.